The first-order valence-corrected chi connectivity index (χ1v) is 4.69. The summed E-state index contributed by atoms with van der Waals surface area (Å²) in [5.41, 5.74) is 0.653. The molecule has 4 nitrogen and oxygen atoms in total. The Balaban J connectivity index is 2.76. The average Bonchev–Trinajstić information content (AvgIpc) is 2.16. The van der Waals surface area contributed by atoms with Crippen molar-refractivity contribution in [2.45, 2.75) is 0 Å². The zero-order valence-electron chi connectivity index (χ0n) is 7.24. The van der Waals surface area contributed by atoms with Crippen molar-refractivity contribution in [2.24, 2.45) is 0 Å². The Morgan fingerprint density at radius 3 is 2.67 bits per heavy atom. The van der Waals surface area contributed by atoms with Crippen LogP contribution in [-0.2, 0) is 0 Å². The largest absolute Gasteiger partial charge is 0.478 e. The maximum Gasteiger partial charge on any atom is 0.335 e. The van der Waals surface area contributed by atoms with Crippen molar-refractivity contribution in [1.82, 2.24) is 9.97 Å². The molecule has 0 aliphatic carbocycles. The molecule has 0 amide bonds. The average molecular weight is 243 g/mol. The summed E-state index contributed by atoms with van der Waals surface area (Å²) in [6, 6.07) is 4.39. The van der Waals surface area contributed by atoms with Crippen LogP contribution in [-0.4, -0.2) is 21.0 Å². The second kappa shape index (κ2) is 3.64. The molecule has 0 radical (unpaired) electrons. The van der Waals surface area contributed by atoms with E-state index < -0.39 is 5.97 Å². The maximum atomic E-state index is 10.7. The SMILES string of the molecule is O=C(O)c1ccc2nc(Cl)nc(Cl)c2c1. The van der Waals surface area contributed by atoms with Crippen LogP contribution in [0.3, 0.4) is 0 Å². The van der Waals surface area contributed by atoms with Crippen LogP contribution in [0.1, 0.15) is 10.4 Å². The predicted octanol–water partition coefficient (Wildman–Crippen LogP) is 2.63. The van der Waals surface area contributed by atoms with Crippen molar-refractivity contribution < 1.29 is 9.90 Å². The molecule has 0 saturated heterocycles. The number of fused-ring (bicyclic) bond motifs is 1. The third-order valence-electron chi connectivity index (χ3n) is 1.87. The minimum atomic E-state index is -1.03. The number of hydrogen-bond acceptors (Lipinski definition) is 3. The van der Waals surface area contributed by atoms with E-state index in [-0.39, 0.29) is 16.0 Å². The normalized spacial score (nSPS) is 10.5. The highest BCUT2D eigenvalue weighted by Gasteiger charge is 2.08. The number of carboxylic acid groups (broad SMARTS) is 1. The molecule has 0 bridgehead atoms. The number of aromatic nitrogens is 2. The molecule has 76 valence electrons. The topological polar surface area (TPSA) is 63.1 Å². The van der Waals surface area contributed by atoms with Crippen molar-refractivity contribution in [3.8, 4) is 0 Å². The van der Waals surface area contributed by atoms with Crippen molar-refractivity contribution >= 4 is 40.1 Å². The van der Waals surface area contributed by atoms with Crippen LogP contribution in [0.15, 0.2) is 18.2 Å². The molecule has 0 aliphatic rings. The lowest BCUT2D eigenvalue weighted by Gasteiger charge is -2.01. The molecule has 1 aromatic heterocycles. The van der Waals surface area contributed by atoms with E-state index in [0.717, 1.165) is 0 Å². The van der Waals surface area contributed by atoms with Gasteiger partial charge in [-0.25, -0.2) is 14.8 Å². The van der Waals surface area contributed by atoms with E-state index in [9.17, 15) is 4.79 Å². The molecule has 1 aromatic carbocycles. The summed E-state index contributed by atoms with van der Waals surface area (Å²) in [5.74, 6) is -1.03. The van der Waals surface area contributed by atoms with Gasteiger partial charge in [-0.1, -0.05) is 11.6 Å². The van der Waals surface area contributed by atoms with Gasteiger partial charge in [0.1, 0.15) is 5.15 Å². The summed E-state index contributed by atoms with van der Waals surface area (Å²) in [7, 11) is 0. The molecule has 0 unspecified atom stereocenters. The van der Waals surface area contributed by atoms with E-state index in [4.69, 9.17) is 28.3 Å². The standard InChI is InChI=1S/C9H4Cl2N2O2/c10-7-5-3-4(8(14)15)1-2-6(5)12-9(11)13-7/h1-3H,(H,14,15). The number of hydrogen-bond donors (Lipinski definition) is 1. The summed E-state index contributed by atoms with van der Waals surface area (Å²) >= 11 is 11.4. The van der Waals surface area contributed by atoms with Crippen LogP contribution in [0.4, 0.5) is 0 Å². The zero-order chi connectivity index (χ0) is 11.0. The Labute approximate surface area is 94.5 Å². The number of halogens is 2. The second-order valence-corrected chi connectivity index (χ2v) is 3.52. The van der Waals surface area contributed by atoms with Crippen LogP contribution in [0.2, 0.25) is 10.4 Å². The Kier molecular flexibility index (Phi) is 2.46. The molecule has 1 N–H and O–H groups in total. The van der Waals surface area contributed by atoms with E-state index >= 15 is 0 Å². The molecule has 2 aromatic rings. The minimum absolute atomic E-state index is 0.0376. The van der Waals surface area contributed by atoms with Gasteiger partial charge in [-0.05, 0) is 29.8 Å². The summed E-state index contributed by atoms with van der Waals surface area (Å²) < 4.78 is 0. The first-order chi connectivity index (χ1) is 7.08. The fourth-order valence-electron chi connectivity index (χ4n) is 1.20. The Hall–Kier alpha value is -1.39. The van der Waals surface area contributed by atoms with Crippen LogP contribution in [0.5, 0.6) is 0 Å². The highest BCUT2D eigenvalue weighted by atomic mass is 35.5. The van der Waals surface area contributed by atoms with Gasteiger partial charge in [0, 0.05) is 5.39 Å². The van der Waals surface area contributed by atoms with E-state index in [1.54, 1.807) is 0 Å². The fourth-order valence-corrected chi connectivity index (χ4v) is 1.65. The van der Waals surface area contributed by atoms with Gasteiger partial charge in [0.25, 0.3) is 0 Å². The lowest BCUT2D eigenvalue weighted by molar-refractivity contribution is 0.0697. The fraction of sp³-hybridized carbons (Fsp3) is 0. The Morgan fingerprint density at radius 1 is 1.27 bits per heavy atom. The van der Waals surface area contributed by atoms with Gasteiger partial charge in [0.2, 0.25) is 5.28 Å². The molecule has 0 fully saturated rings. The van der Waals surface area contributed by atoms with E-state index in [1.165, 1.54) is 18.2 Å². The van der Waals surface area contributed by atoms with E-state index in [0.29, 0.717) is 10.9 Å². The quantitative estimate of drug-likeness (QED) is 0.617. The van der Waals surface area contributed by atoms with Gasteiger partial charge < -0.3 is 5.11 Å². The molecule has 0 atom stereocenters. The van der Waals surface area contributed by atoms with E-state index in [1.807, 2.05) is 0 Å². The van der Waals surface area contributed by atoms with Crippen molar-refractivity contribution in [1.29, 1.82) is 0 Å². The molecule has 2 rings (SSSR count). The number of carbonyl (C=O) groups is 1. The van der Waals surface area contributed by atoms with Crippen LogP contribution in [0, 0.1) is 0 Å². The first kappa shape index (κ1) is 10.1. The van der Waals surface area contributed by atoms with Gasteiger partial charge in [-0.15, -0.1) is 0 Å². The molecule has 15 heavy (non-hydrogen) atoms. The van der Waals surface area contributed by atoms with Crippen molar-refractivity contribution in [3.05, 3.63) is 34.2 Å². The van der Waals surface area contributed by atoms with Crippen LogP contribution in [0.25, 0.3) is 10.9 Å². The molecule has 0 spiro atoms. The third kappa shape index (κ3) is 1.86. The van der Waals surface area contributed by atoms with Gasteiger partial charge in [0.15, 0.2) is 0 Å². The van der Waals surface area contributed by atoms with Crippen LogP contribution < -0.4 is 0 Å². The highest BCUT2D eigenvalue weighted by Crippen LogP contribution is 2.23. The summed E-state index contributed by atoms with van der Waals surface area (Å²) in [6.45, 7) is 0. The smallest absolute Gasteiger partial charge is 0.335 e. The van der Waals surface area contributed by atoms with Crippen LogP contribution >= 0.6 is 23.2 Å². The predicted molar refractivity (Wildman–Crippen MR) is 56.5 cm³/mol. The summed E-state index contributed by atoms with van der Waals surface area (Å²) in [5, 5.41) is 9.44. The van der Waals surface area contributed by atoms with Gasteiger partial charge in [-0.2, -0.15) is 0 Å². The zero-order valence-corrected chi connectivity index (χ0v) is 8.75. The highest BCUT2D eigenvalue weighted by molar-refractivity contribution is 6.35. The van der Waals surface area contributed by atoms with Crippen molar-refractivity contribution in [3.63, 3.8) is 0 Å². The van der Waals surface area contributed by atoms with Crippen molar-refractivity contribution in [2.75, 3.05) is 0 Å². The minimum Gasteiger partial charge on any atom is -0.478 e. The monoisotopic (exact) mass is 242 g/mol. The molecular formula is C9H4Cl2N2O2. The summed E-state index contributed by atoms with van der Waals surface area (Å²) in [4.78, 5) is 18.4. The molecule has 0 aliphatic heterocycles. The first-order valence-electron chi connectivity index (χ1n) is 3.94. The second-order valence-electron chi connectivity index (χ2n) is 2.82. The summed E-state index contributed by atoms with van der Waals surface area (Å²) in [6.07, 6.45) is 0. The molecule has 0 saturated carbocycles. The van der Waals surface area contributed by atoms with Gasteiger partial charge in [-0.3, -0.25) is 0 Å². The number of carboxylic acids is 1. The number of aromatic carboxylic acids is 1. The number of rotatable bonds is 1. The third-order valence-corrected chi connectivity index (χ3v) is 2.33. The van der Waals surface area contributed by atoms with E-state index in [2.05, 4.69) is 9.97 Å². The lowest BCUT2D eigenvalue weighted by Crippen LogP contribution is -1.96. The number of nitrogens with zero attached hydrogens (tertiary/aromatic N) is 2. The lowest BCUT2D eigenvalue weighted by atomic mass is 10.1. The maximum absolute atomic E-state index is 10.7. The molecule has 1 heterocycles. The van der Waals surface area contributed by atoms with Gasteiger partial charge >= 0.3 is 5.97 Å². The number of benzene rings is 1. The Bertz CT molecular complexity index is 557. The molecule has 6 heteroatoms. The molecular weight excluding hydrogens is 239 g/mol. The Morgan fingerprint density at radius 2 is 2.00 bits per heavy atom. The van der Waals surface area contributed by atoms with Gasteiger partial charge in [0.05, 0.1) is 11.1 Å².